The molecule has 1 aromatic carbocycles. The third-order valence-electron chi connectivity index (χ3n) is 5.81. The number of amides is 1. The molecule has 4 aromatic rings. The van der Waals surface area contributed by atoms with Crippen molar-refractivity contribution in [1.82, 2.24) is 30.2 Å². The predicted octanol–water partition coefficient (Wildman–Crippen LogP) is 3.65. The van der Waals surface area contributed by atoms with Gasteiger partial charge in [-0.15, -0.1) is 11.8 Å². The van der Waals surface area contributed by atoms with Crippen LogP contribution in [0.5, 0.6) is 6.01 Å². The van der Waals surface area contributed by atoms with Gasteiger partial charge in [-0.2, -0.15) is 0 Å². The van der Waals surface area contributed by atoms with E-state index in [1.165, 1.54) is 26.6 Å². The zero-order valence-corrected chi connectivity index (χ0v) is 19.8. The number of methoxy groups -OCH3 is 1. The highest BCUT2D eigenvalue weighted by Crippen LogP contribution is 2.50. The van der Waals surface area contributed by atoms with Gasteiger partial charge in [-0.3, -0.25) is 9.78 Å². The van der Waals surface area contributed by atoms with Gasteiger partial charge in [-0.25, -0.2) is 24.3 Å². The minimum atomic E-state index is -0.445. The van der Waals surface area contributed by atoms with Gasteiger partial charge < -0.3 is 15.4 Å². The van der Waals surface area contributed by atoms with Crippen LogP contribution in [0.15, 0.2) is 49.2 Å². The third kappa shape index (κ3) is 4.59. The van der Waals surface area contributed by atoms with E-state index >= 15 is 0 Å². The first-order valence-corrected chi connectivity index (χ1v) is 11.9. The number of benzene rings is 1. The molecule has 1 aliphatic heterocycles. The number of rotatable bonds is 7. The van der Waals surface area contributed by atoms with Crippen molar-refractivity contribution in [2.24, 2.45) is 0 Å². The summed E-state index contributed by atoms with van der Waals surface area (Å²) in [5.41, 5.74) is 3.25. The highest BCUT2D eigenvalue weighted by Gasteiger charge is 2.33. The fourth-order valence-corrected chi connectivity index (χ4v) is 5.28. The molecule has 1 amide bonds. The maximum Gasteiger partial charge on any atom is 0.316 e. The van der Waals surface area contributed by atoms with Crippen molar-refractivity contribution in [3.05, 3.63) is 66.1 Å². The Kier molecular flexibility index (Phi) is 6.41. The standard InChI is InChI=1S/C24H22FN7O2S/c1-26-23(33)16-5-6-27-22-15(3-4-17(25)21(16)22)19-7-14(35-19)11-28-20-8-18(31-12-32-20)13-9-29-24(34-2)30-10-13/h3-6,8-10,12,14,19H,7,11H2,1-2H3,(H,26,33)(H,28,31,32). The van der Waals surface area contributed by atoms with Gasteiger partial charge in [0.2, 0.25) is 0 Å². The molecule has 35 heavy (non-hydrogen) atoms. The molecule has 4 heterocycles. The lowest BCUT2D eigenvalue weighted by atomic mass is 9.99. The van der Waals surface area contributed by atoms with Crippen molar-refractivity contribution in [2.45, 2.75) is 16.9 Å². The monoisotopic (exact) mass is 491 g/mol. The van der Waals surface area contributed by atoms with E-state index in [4.69, 9.17) is 4.74 Å². The van der Waals surface area contributed by atoms with Crippen LogP contribution < -0.4 is 15.4 Å². The lowest BCUT2D eigenvalue weighted by molar-refractivity contribution is 0.0964. The van der Waals surface area contributed by atoms with Crippen LogP contribution in [0.1, 0.15) is 27.6 Å². The lowest BCUT2D eigenvalue weighted by Gasteiger charge is -2.35. The number of carbonyl (C=O) groups is 1. The molecule has 0 bridgehead atoms. The van der Waals surface area contributed by atoms with Crippen LogP contribution in [-0.4, -0.2) is 56.8 Å². The molecular formula is C24H22FN7O2S. The van der Waals surface area contributed by atoms with Crippen molar-refractivity contribution in [3.63, 3.8) is 0 Å². The van der Waals surface area contributed by atoms with Crippen LogP contribution in [0.4, 0.5) is 10.2 Å². The first-order chi connectivity index (χ1) is 17.1. The Labute approximate surface area is 205 Å². The SMILES string of the molecule is CNC(=O)c1ccnc2c(C3CC(CNc4cc(-c5cnc(OC)nc5)ncn4)S3)ccc(F)c12. The van der Waals surface area contributed by atoms with Crippen molar-refractivity contribution < 1.29 is 13.9 Å². The second kappa shape index (κ2) is 9.79. The number of aromatic nitrogens is 5. The second-order valence-electron chi connectivity index (χ2n) is 7.91. The summed E-state index contributed by atoms with van der Waals surface area (Å²) in [4.78, 5) is 33.5. The molecule has 9 nitrogen and oxygen atoms in total. The number of pyridine rings is 1. The summed E-state index contributed by atoms with van der Waals surface area (Å²) in [5, 5.41) is 6.72. The molecule has 11 heteroatoms. The number of anilines is 1. The topological polar surface area (TPSA) is 115 Å². The van der Waals surface area contributed by atoms with Crippen LogP contribution >= 0.6 is 11.8 Å². The minimum Gasteiger partial charge on any atom is -0.467 e. The quantitative estimate of drug-likeness (QED) is 0.400. The highest BCUT2D eigenvalue weighted by molar-refractivity contribution is 8.01. The van der Waals surface area contributed by atoms with E-state index in [0.29, 0.717) is 40.4 Å². The second-order valence-corrected chi connectivity index (χ2v) is 9.42. The molecular weight excluding hydrogens is 469 g/mol. The largest absolute Gasteiger partial charge is 0.467 e. The molecule has 2 unspecified atom stereocenters. The van der Waals surface area contributed by atoms with Gasteiger partial charge >= 0.3 is 6.01 Å². The molecule has 3 aromatic heterocycles. The highest BCUT2D eigenvalue weighted by atomic mass is 32.2. The summed E-state index contributed by atoms with van der Waals surface area (Å²) in [6, 6.07) is 6.88. The molecule has 1 aliphatic rings. The number of nitrogens with zero attached hydrogens (tertiary/aromatic N) is 5. The fourth-order valence-electron chi connectivity index (χ4n) is 4.01. The molecule has 0 spiro atoms. The molecule has 5 rings (SSSR count). The summed E-state index contributed by atoms with van der Waals surface area (Å²) in [7, 11) is 3.04. The molecule has 2 atom stereocenters. The van der Waals surface area contributed by atoms with Crippen LogP contribution in [-0.2, 0) is 0 Å². The van der Waals surface area contributed by atoms with Crippen LogP contribution in [0.2, 0.25) is 0 Å². The minimum absolute atomic E-state index is 0.176. The van der Waals surface area contributed by atoms with E-state index in [2.05, 4.69) is 35.6 Å². The Bertz CT molecular complexity index is 1380. The summed E-state index contributed by atoms with van der Waals surface area (Å²) in [6.07, 6.45) is 7.26. The van der Waals surface area contributed by atoms with E-state index < -0.39 is 5.82 Å². The van der Waals surface area contributed by atoms with E-state index in [9.17, 15) is 9.18 Å². The Morgan fingerprint density at radius 3 is 2.71 bits per heavy atom. The fraction of sp³-hybridized carbons (Fsp3) is 0.250. The molecule has 0 radical (unpaired) electrons. The van der Waals surface area contributed by atoms with Gasteiger partial charge in [0.15, 0.2) is 0 Å². The molecule has 2 N–H and O–H groups in total. The summed E-state index contributed by atoms with van der Waals surface area (Å²) < 4.78 is 19.6. The number of fused-ring (bicyclic) bond motifs is 1. The number of carbonyl (C=O) groups excluding carboxylic acids is 1. The van der Waals surface area contributed by atoms with E-state index in [0.717, 1.165) is 17.5 Å². The summed E-state index contributed by atoms with van der Waals surface area (Å²) >= 11 is 1.79. The van der Waals surface area contributed by atoms with Crippen molar-refractivity contribution in [3.8, 4) is 17.3 Å². The van der Waals surface area contributed by atoms with Gasteiger partial charge in [0.05, 0.1) is 23.9 Å². The number of nitrogens with one attached hydrogen (secondary N) is 2. The number of halogens is 1. The maximum atomic E-state index is 14.6. The van der Waals surface area contributed by atoms with Gasteiger partial charge in [0, 0.05) is 59.7 Å². The third-order valence-corrected chi connectivity index (χ3v) is 7.33. The zero-order valence-electron chi connectivity index (χ0n) is 19.0. The predicted molar refractivity (Wildman–Crippen MR) is 132 cm³/mol. The van der Waals surface area contributed by atoms with Gasteiger partial charge in [-0.05, 0) is 24.1 Å². The van der Waals surface area contributed by atoms with Crippen LogP contribution in [0.25, 0.3) is 22.2 Å². The summed E-state index contributed by atoms with van der Waals surface area (Å²) in [6.45, 7) is 0.715. The number of hydrogen-bond acceptors (Lipinski definition) is 9. The number of hydrogen-bond donors (Lipinski definition) is 2. The Balaban J connectivity index is 1.25. The molecule has 0 aliphatic carbocycles. The van der Waals surface area contributed by atoms with Gasteiger partial charge in [0.1, 0.15) is 18.0 Å². The number of ether oxygens (including phenoxy) is 1. The maximum absolute atomic E-state index is 14.6. The van der Waals surface area contributed by atoms with Crippen molar-refractivity contribution >= 4 is 34.4 Å². The van der Waals surface area contributed by atoms with E-state index in [-0.39, 0.29) is 16.5 Å². The summed E-state index contributed by atoms with van der Waals surface area (Å²) in [5.74, 6) is -0.0685. The Morgan fingerprint density at radius 2 is 1.97 bits per heavy atom. The molecule has 0 saturated carbocycles. The smallest absolute Gasteiger partial charge is 0.316 e. The molecule has 1 fully saturated rings. The molecule has 1 saturated heterocycles. The van der Waals surface area contributed by atoms with Crippen molar-refractivity contribution in [2.75, 3.05) is 26.0 Å². The average molecular weight is 492 g/mol. The number of thioether (sulfide) groups is 1. The average Bonchev–Trinajstić information content (AvgIpc) is 2.88. The van der Waals surface area contributed by atoms with E-state index in [1.807, 2.05) is 6.07 Å². The van der Waals surface area contributed by atoms with E-state index in [1.54, 1.807) is 42.5 Å². The zero-order chi connectivity index (χ0) is 24.4. The molecule has 178 valence electrons. The van der Waals surface area contributed by atoms with Crippen LogP contribution in [0, 0.1) is 5.82 Å². The Morgan fingerprint density at radius 1 is 1.17 bits per heavy atom. The Hall–Kier alpha value is -3.86. The van der Waals surface area contributed by atoms with Gasteiger partial charge in [0.25, 0.3) is 5.91 Å². The van der Waals surface area contributed by atoms with Gasteiger partial charge in [-0.1, -0.05) is 6.07 Å². The first-order valence-electron chi connectivity index (χ1n) is 10.9. The lowest BCUT2D eigenvalue weighted by Crippen LogP contribution is -2.28. The first kappa shape index (κ1) is 22.9. The van der Waals surface area contributed by atoms with Crippen LogP contribution in [0.3, 0.4) is 0 Å². The normalized spacial score (nSPS) is 17.0. The van der Waals surface area contributed by atoms with Crippen molar-refractivity contribution in [1.29, 1.82) is 0 Å².